The number of benzene rings is 3. The van der Waals surface area contributed by atoms with Gasteiger partial charge in [-0.3, -0.25) is 9.59 Å². The first kappa shape index (κ1) is 21.8. The van der Waals surface area contributed by atoms with Gasteiger partial charge in [-0.2, -0.15) is 0 Å². The van der Waals surface area contributed by atoms with Crippen molar-refractivity contribution in [2.24, 2.45) is 0 Å². The van der Waals surface area contributed by atoms with Gasteiger partial charge in [0.1, 0.15) is 31.0 Å². The van der Waals surface area contributed by atoms with E-state index in [1.807, 2.05) is 30.3 Å². The summed E-state index contributed by atoms with van der Waals surface area (Å²) in [5.41, 5.74) is 2.15. The van der Waals surface area contributed by atoms with Crippen molar-refractivity contribution in [1.82, 2.24) is 5.32 Å². The Hall–Kier alpha value is -4.40. The minimum Gasteiger partial charge on any atom is -0.491 e. The molecule has 0 saturated carbocycles. The molecule has 0 radical (unpaired) electrons. The largest absolute Gasteiger partial charge is 0.491 e. The molecule has 9 nitrogen and oxygen atoms in total. The monoisotopic (exact) mass is 500 g/mol. The Bertz CT molecular complexity index is 1440. The number of hydrogen-bond acceptors (Lipinski definition) is 7. The van der Waals surface area contributed by atoms with Crippen LogP contribution in [0.1, 0.15) is 27.9 Å². The average molecular weight is 501 g/mol. The van der Waals surface area contributed by atoms with E-state index in [1.165, 1.54) is 0 Å². The Morgan fingerprint density at radius 3 is 2.51 bits per heavy atom. The van der Waals surface area contributed by atoms with Gasteiger partial charge in [-0.1, -0.05) is 18.2 Å². The van der Waals surface area contributed by atoms with Gasteiger partial charge in [-0.05, 0) is 42.3 Å². The van der Waals surface area contributed by atoms with Gasteiger partial charge in [0, 0.05) is 36.0 Å². The van der Waals surface area contributed by atoms with E-state index in [-0.39, 0.29) is 25.2 Å². The standard InChI is InChI=1S/C28H24N2O7/c31-26(17-6-7-21-23(12-17)34-11-10-33-21)29-8-3-9-30-20-5-2-1-4-18(20)28(27(30)32)15-35-22-14-25-24(13-19(22)28)36-16-37-25/h1-2,4-7,12-14H,3,8-11,15-16H2,(H,29,31). The molecule has 1 spiro atoms. The zero-order valence-corrected chi connectivity index (χ0v) is 20.0. The second-order valence-electron chi connectivity index (χ2n) is 9.34. The summed E-state index contributed by atoms with van der Waals surface area (Å²) in [6.45, 7) is 2.21. The summed E-state index contributed by atoms with van der Waals surface area (Å²) in [5.74, 6) is 2.87. The average Bonchev–Trinajstić information content (AvgIpc) is 3.61. The van der Waals surface area contributed by atoms with E-state index in [0.29, 0.717) is 67.0 Å². The molecule has 2 amide bonds. The second-order valence-corrected chi connectivity index (χ2v) is 9.34. The summed E-state index contributed by atoms with van der Waals surface area (Å²) in [6.07, 6.45) is 0.585. The van der Waals surface area contributed by atoms with Crippen molar-refractivity contribution in [1.29, 1.82) is 0 Å². The number of amides is 2. The Balaban J connectivity index is 1.08. The Labute approximate surface area is 212 Å². The third kappa shape index (κ3) is 3.30. The van der Waals surface area contributed by atoms with Crippen LogP contribution < -0.4 is 33.9 Å². The molecule has 0 bridgehead atoms. The predicted molar refractivity (Wildman–Crippen MR) is 132 cm³/mol. The first-order valence-corrected chi connectivity index (χ1v) is 12.3. The fraction of sp³-hybridized carbons (Fsp3) is 0.286. The number of rotatable bonds is 5. The summed E-state index contributed by atoms with van der Waals surface area (Å²) >= 11 is 0. The molecule has 0 saturated heterocycles. The highest BCUT2D eigenvalue weighted by molar-refractivity contribution is 6.11. The van der Waals surface area contributed by atoms with Crippen LogP contribution >= 0.6 is 0 Å². The van der Waals surface area contributed by atoms with E-state index in [2.05, 4.69) is 5.32 Å². The number of nitrogens with one attached hydrogen (secondary N) is 1. The molecule has 1 unspecified atom stereocenters. The third-order valence-corrected chi connectivity index (χ3v) is 7.29. The zero-order valence-electron chi connectivity index (χ0n) is 20.0. The minimum absolute atomic E-state index is 0.0375. The maximum atomic E-state index is 14.0. The molecule has 4 aliphatic rings. The third-order valence-electron chi connectivity index (χ3n) is 7.29. The molecule has 0 aromatic heterocycles. The normalized spacial score (nSPS) is 20.0. The molecule has 3 aromatic carbocycles. The SMILES string of the molecule is O=C(NCCCN1C(=O)C2(COc3cc4c(cc32)OCO4)c2ccccc21)c1ccc2c(c1)OCCO2. The van der Waals surface area contributed by atoms with Gasteiger partial charge in [-0.25, -0.2) is 0 Å². The fourth-order valence-corrected chi connectivity index (χ4v) is 5.51. The number of para-hydroxylation sites is 1. The molecule has 4 heterocycles. The van der Waals surface area contributed by atoms with Gasteiger partial charge in [0.05, 0.1) is 0 Å². The van der Waals surface area contributed by atoms with Crippen LogP contribution in [0.4, 0.5) is 5.69 Å². The summed E-state index contributed by atoms with van der Waals surface area (Å²) < 4.78 is 28.2. The summed E-state index contributed by atoms with van der Waals surface area (Å²) in [4.78, 5) is 28.5. The van der Waals surface area contributed by atoms with Crippen LogP contribution in [0.2, 0.25) is 0 Å². The molecule has 1 N–H and O–H groups in total. The molecule has 9 heteroatoms. The van der Waals surface area contributed by atoms with Crippen molar-refractivity contribution >= 4 is 17.5 Å². The quantitative estimate of drug-likeness (QED) is 0.538. The molecular weight excluding hydrogens is 476 g/mol. The molecule has 3 aromatic rings. The van der Waals surface area contributed by atoms with Gasteiger partial charge in [-0.15, -0.1) is 0 Å². The van der Waals surface area contributed by atoms with Crippen molar-refractivity contribution in [3.8, 4) is 28.7 Å². The van der Waals surface area contributed by atoms with Crippen molar-refractivity contribution < 1.29 is 33.3 Å². The number of ether oxygens (including phenoxy) is 5. The van der Waals surface area contributed by atoms with E-state index < -0.39 is 5.41 Å². The number of hydrogen-bond donors (Lipinski definition) is 1. The number of carbonyl (C=O) groups excluding carboxylic acids is 2. The van der Waals surface area contributed by atoms with E-state index >= 15 is 0 Å². The fourth-order valence-electron chi connectivity index (χ4n) is 5.51. The smallest absolute Gasteiger partial charge is 0.251 e. The van der Waals surface area contributed by atoms with Gasteiger partial charge in [0.15, 0.2) is 23.0 Å². The molecule has 1 atom stereocenters. The molecule has 0 fully saturated rings. The molecule has 7 rings (SSSR count). The van der Waals surface area contributed by atoms with Crippen molar-refractivity contribution in [3.05, 3.63) is 71.3 Å². The van der Waals surface area contributed by atoms with E-state index in [4.69, 9.17) is 23.7 Å². The van der Waals surface area contributed by atoms with Crippen LogP contribution in [0.25, 0.3) is 0 Å². The van der Waals surface area contributed by atoms with Crippen molar-refractivity contribution in [3.63, 3.8) is 0 Å². The number of anilines is 1. The van der Waals surface area contributed by atoms with Crippen LogP contribution in [0.5, 0.6) is 28.7 Å². The Kier molecular flexibility index (Phi) is 4.92. The van der Waals surface area contributed by atoms with Gasteiger partial charge < -0.3 is 33.9 Å². The van der Waals surface area contributed by atoms with E-state index in [9.17, 15) is 9.59 Å². The summed E-state index contributed by atoms with van der Waals surface area (Å²) in [7, 11) is 0. The highest BCUT2D eigenvalue weighted by atomic mass is 16.7. The molecular formula is C28H24N2O7. The van der Waals surface area contributed by atoms with Crippen LogP contribution in [-0.4, -0.2) is 51.5 Å². The molecule has 37 heavy (non-hydrogen) atoms. The number of fused-ring (bicyclic) bond motifs is 6. The lowest BCUT2D eigenvalue weighted by molar-refractivity contribution is -0.122. The lowest BCUT2D eigenvalue weighted by atomic mass is 9.77. The predicted octanol–water partition coefficient (Wildman–Crippen LogP) is 3.03. The highest BCUT2D eigenvalue weighted by Gasteiger charge is 2.57. The molecule has 0 aliphatic carbocycles. The van der Waals surface area contributed by atoms with Crippen LogP contribution in [-0.2, 0) is 10.2 Å². The lowest BCUT2D eigenvalue weighted by Crippen LogP contribution is -2.43. The van der Waals surface area contributed by atoms with Crippen LogP contribution in [0, 0.1) is 0 Å². The first-order chi connectivity index (χ1) is 18.1. The summed E-state index contributed by atoms with van der Waals surface area (Å²) in [5, 5.41) is 2.95. The molecule has 188 valence electrons. The number of carbonyl (C=O) groups is 2. The van der Waals surface area contributed by atoms with Crippen LogP contribution in [0.15, 0.2) is 54.6 Å². The Morgan fingerprint density at radius 1 is 0.838 bits per heavy atom. The maximum Gasteiger partial charge on any atom is 0.251 e. The van der Waals surface area contributed by atoms with Crippen molar-refractivity contribution in [2.75, 3.05) is 44.6 Å². The van der Waals surface area contributed by atoms with Crippen LogP contribution in [0.3, 0.4) is 0 Å². The van der Waals surface area contributed by atoms with Crippen molar-refractivity contribution in [2.45, 2.75) is 11.8 Å². The first-order valence-electron chi connectivity index (χ1n) is 12.3. The van der Waals surface area contributed by atoms with E-state index in [1.54, 1.807) is 29.2 Å². The van der Waals surface area contributed by atoms with Gasteiger partial charge in [0.25, 0.3) is 5.91 Å². The topological polar surface area (TPSA) is 95.6 Å². The summed E-state index contributed by atoms with van der Waals surface area (Å²) in [6, 6.07) is 16.6. The maximum absolute atomic E-state index is 14.0. The number of nitrogens with zero attached hydrogens (tertiary/aromatic N) is 1. The second kappa shape index (κ2) is 8.33. The highest BCUT2D eigenvalue weighted by Crippen LogP contribution is 2.55. The van der Waals surface area contributed by atoms with E-state index in [0.717, 1.165) is 16.8 Å². The van der Waals surface area contributed by atoms with Gasteiger partial charge in [0.2, 0.25) is 12.7 Å². The molecule has 4 aliphatic heterocycles. The lowest BCUT2D eigenvalue weighted by Gasteiger charge is -2.23. The zero-order chi connectivity index (χ0) is 25.0. The Morgan fingerprint density at radius 2 is 1.62 bits per heavy atom. The minimum atomic E-state index is -0.929. The van der Waals surface area contributed by atoms with Gasteiger partial charge >= 0.3 is 0 Å².